The SMILES string of the molecule is CC(C)CC(C)NC(=O)N1CCCC1C(=O)O. The number of carbonyl (C=O) groups excluding carboxylic acids is 1. The van der Waals surface area contributed by atoms with Gasteiger partial charge in [-0.25, -0.2) is 9.59 Å². The van der Waals surface area contributed by atoms with E-state index in [1.54, 1.807) is 0 Å². The zero-order chi connectivity index (χ0) is 13.0. The zero-order valence-corrected chi connectivity index (χ0v) is 10.8. The van der Waals surface area contributed by atoms with Crippen molar-refractivity contribution in [3.63, 3.8) is 0 Å². The van der Waals surface area contributed by atoms with E-state index in [0.717, 1.165) is 12.8 Å². The monoisotopic (exact) mass is 242 g/mol. The average molecular weight is 242 g/mol. The summed E-state index contributed by atoms with van der Waals surface area (Å²) < 4.78 is 0. The Kier molecular flexibility index (Phi) is 4.78. The van der Waals surface area contributed by atoms with Crippen molar-refractivity contribution in [3.8, 4) is 0 Å². The Morgan fingerprint density at radius 3 is 2.59 bits per heavy atom. The number of carboxylic acid groups (broad SMARTS) is 1. The zero-order valence-electron chi connectivity index (χ0n) is 10.8. The van der Waals surface area contributed by atoms with Crippen LogP contribution >= 0.6 is 0 Å². The number of likely N-dealkylation sites (tertiary alicyclic amines) is 1. The molecule has 0 saturated carbocycles. The first-order chi connectivity index (χ1) is 7.91. The van der Waals surface area contributed by atoms with E-state index < -0.39 is 12.0 Å². The Morgan fingerprint density at radius 2 is 2.06 bits per heavy atom. The van der Waals surface area contributed by atoms with Gasteiger partial charge in [0.1, 0.15) is 6.04 Å². The molecule has 5 nitrogen and oxygen atoms in total. The molecule has 1 rings (SSSR count). The van der Waals surface area contributed by atoms with Crippen LogP contribution in [0.15, 0.2) is 0 Å². The fourth-order valence-corrected chi connectivity index (χ4v) is 2.33. The summed E-state index contributed by atoms with van der Waals surface area (Å²) in [5.41, 5.74) is 0. The second-order valence-corrected chi connectivity index (χ2v) is 5.17. The summed E-state index contributed by atoms with van der Waals surface area (Å²) in [4.78, 5) is 24.3. The van der Waals surface area contributed by atoms with Gasteiger partial charge in [0.05, 0.1) is 0 Å². The standard InChI is InChI=1S/C12H22N2O3/c1-8(2)7-9(3)13-12(17)14-6-4-5-10(14)11(15)16/h8-10H,4-7H2,1-3H3,(H,13,17)(H,15,16). The predicted octanol–water partition coefficient (Wildman–Crippen LogP) is 1.68. The highest BCUT2D eigenvalue weighted by Crippen LogP contribution is 2.17. The minimum absolute atomic E-state index is 0.0811. The third-order valence-electron chi connectivity index (χ3n) is 2.99. The van der Waals surface area contributed by atoms with Crippen molar-refractivity contribution in [2.24, 2.45) is 5.92 Å². The van der Waals surface area contributed by atoms with Gasteiger partial charge in [-0.2, -0.15) is 0 Å². The lowest BCUT2D eigenvalue weighted by molar-refractivity contribution is -0.141. The molecule has 1 saturated heterocycles. The van der Waals surface area contributed by atoms with E-state index in [9.17, 15) is 9.59 Å². The minimum Gasteiger partial charge on any atom is -0.480 e. The summed E-state index contributed by atoms with van der Waals surface area (Å²) >= 11 is 0. The van der Waals surface area contributed by atoms with Crippen LogP contribution in [0.1, 0.15) is 40.0 Å². The van der Waals surface area contributed by atoms with Gasteiger partial charge in [-0.3, -0.25) is 0 Å². The molecule has 0 aromatic rings. The lowest BCUT2D eigenvalue weighted by Crippen LogP contribution is -2.48. The number of amides is 2. The first-order valence-corrected chi connectivity index (χ1v) is 6.21. The lowest BCUT2D eigenvalue weighted by Gasteiger charge is -2.25. The maximum Gasteiger partial charge on any atom is 0.326 e. The second kappa shape index (κ2) is 5.89. The van der Waals surface area contributed by atoms with Crippen LogP contribution in [0.5, 0.6) is 0 Å². The van der Waals surface area contributed by atoms with Crippen molar-refractivity contribution in [2.75, 3.05) is 6.54 Å². The number of aliphatic carboxylic acids is 1. The Labute approximate surface area is 102 Å². The number of nitrogens with one attached hydrogen (secondary N) is 1. The Bertz CT molecular complexity index is 291. The normalized spacial score (nSPS) is 21.6. The van der Waals surface area contributed by atoms with Gasteiger partial charge in [-0.15, -0.1) is 0 Å². The van der Waals surface area contributed by atoms with Crippen LogP contribution in [0, 0.1) is 5.92 Å². The van der Waals surface area contributed by atoms with Crippen LogP contribution in [0.3, 0.4) is 0 Å². The molecule has 0 radical (unpaired) electrons. The van der Waals surface area contributed by atoms with Gasteiger partial charge in [-0.05, 0) is 32.1 Å². The van der Waals surface area contributed by atoms with E-state index in [2.05, 4.69) is 19.2 Å². The molecule has 2 N–H and O–H groups in total. The molecule has 0 bridgehead atoms. The summed E-state index contributed by atoms with van der Waals surface area (Å²) in [5.74, 6) is -0.395. The Balaban J connectivity index is 2.49. The third-order valence-corrected chi connectivity index (χ3v) is 2.99. The van der Waals surface area contributed by atoms with E-state index in [0.29, 0.717) is 18.9 Å². The first kappa shape index (κ1) is 13.8. The molecule has 2 atom stereocenters. The molecule has 2 unspecified atom stereocenters. The average Bonchev–Trinajstić information content (AvgIpc) is 2.63. The second-order valence-electron chi connectivity index (χ2n) is 5.17. The topological polar surface area (TPSA) is 69.6 Å². The molecule has 0 aromatic heterocycles. The van der Waals surface area contributed by atoms with Gasteiger partial charge in [-0.1, -0.05) is 13.8 Å². The lowest BCUT2D eigenvalue weighted by atomic mass is 10.1. The summed E-state index contributed by atoms with van der Waals surface area (Å²) in [6.07, 6.45) is 2.22. The molecule has 0 aromatic carbocycles. The van der Waals surface area contributed by atoms with E-state index in [1.807, 2.05) is 6.92 Å². The smallest absolute Gasteiger partial charge is 0.326 e. The van der Waals surface area contributed by atoms with Gasteiger partial charge in [0.15, 0.2) is 0 Å². The Hall–Kier alpha value is -1.26. The van der Waals surface area contributed by atoms with Crippen molar-refractivity contribution in [2.45, 2.75) is 52.1 Å². The van der Waals surface area contributed by atoms with E-state index in [1.165, 1.54) is 4.90 Å². The number of nitrogens with zero attached hydrogens (tertiary/aromatic N) is 1. The highest BCUT2D eigenvalue weighted by atomic mass is 16.4. The molecule has 1 heterocycles. The van der Waals surface area contributed by atoms with Crippen molar-refractivity contribution >= 4 is 12.0 Å². The van der Waals surface area contributed by atoms with Gasteiger partial charge in [0, 0.05) is 12.6 Å². The summed E-state index contributed by atoms with van der Waals surface area (Å²) in [7, 11) is 0. The van der Waals surface area contributed by atoms with Crippen LogP contribution in [-0.4, -0.2) is 40.6 Å². The van der Waals surface area contributed by atoms with Gasteiger partial charge in [0.25, 0.3) is 0 Å². The van der Waals surface area contributed by atoms with E-state index in [-0.39, 0.29) is 12.1 Å². The van der Waals surface area contributed by atoms with Crippen LogP contribution < -0.4 is 5.32 Å². The third kappa shape index (κ3) is 3.91. The van der Waals surface area contributed by atoms with Crippen LogP contribution in [0.4, 0.5) is 4.79 Å². The summed E-state index contributed by atoms with van der Waals surface area (Å²) in [6, 6.07) is -0.818. The van der Waals surface area contributed by atoms with Crippen molar-refractivity contribution in [1.82, 2.24) is 10.2 Å². The molecule has 1 aliphatic heterocycles. The number of carboxylic acids is 1. The molecule has 2 amide bonds. The molecule has 0 spiro atoms. The molecule has 5 heteroatoms. The van der Waals surface area contributed by atoms with Crippen molar-refractivity contribution in [3.05, 3.63) is 0 Å². The molecule has 1 aliphatic rings. The fourth-order valence-electron chi connectivity index (χ4n) is 2.33. The molecular weight excluding hydrogens is 220 g/mol. The highest BCUT2D eigenvalue weighted by Gasteiger charge is 2.34. The number of urea groups is 1. The number of hydrogen-bond acceptors (Lipinski definition) is 2. The van der Waals surface area contributed by atoms with Crippen LogP contribution in [0.2, 0.25) is 0 Å². The molecular formula is C12H22N2O3. The largest absolute Gasteiger partial charge is 0.480 e. The minimum atomic E-state index is -0.908. The molecule has 1 fully saturated rings. The summed E-state index contributed by atoms with van der Waals surface area (Å²) in [6.45, 7) is 6.68. The molecule has 98 valence electrons. The molecule has 0 aliphatic carbocycles. The Morgan fingerprint density at radius 1 is 1.41 bits per heavy atom. The number of carbonyl (C=O) groups is 2. The first-order valence-electron chi connectivity index (χ1n) is 6.21. The highest BCUT2D eigenvalue weighted by molar-refractivity contribution is 5.83. The van der Waals surface area contributed by atoms with Gasteiger partial charge < -0.3 is 15.3 Å². The fraction of sp³-hybridized carbons (Fsp3) is 0.833. The number of hydrogen-bond donors (Lipinski definition) is 2. The maximum absolute atomic E-state index is 11.9. The van der Waals surface area contributed by atoms with E-state index >= 15 is 0 Å². The summed E-state index contributed by atoms with van der Waals surface area (Å²) in [5, 5.41) is 11.9. The maximum atomic E-state index is 11.9. The van der Waals surface area contributed by atoms with Crippen molar-refractivity contribution in [1.29, 1.82) is 0 Å². The van der Waals surface area contributed by atoms with E-state index in [4.69, 9.17) is 5.11 Å². The van der Waals surface area contributed by atoms with Crippen LogP contribution in [0.25, 0.3) is 0 Å². The van der Waals surface area contributed by atoms with Crippen molar-refractivity contribution < 1.29 is 14.7 Å². The molecule has 17 heavy (non-hydrogen) atoms. The predicted molar refractivity (Wildman–Crippen MR) is 64.8 cm³/mol. The quantitative estimate of drug-likeness (QED) is 0.788. The van der Waals surface area contributed by atoms with Gasteiger partial charge in [0.2, 0.25) is 0 Å². The van der Waals surface area contributed by atoms with Crippen LogP contribution in [-0.2, 0) is 4.79 Å². The van der Waals surface area contributed by atoms with Gasteiger partial charge >= 0.3 is 12.0 Å². The number of rotatable bonds is 4.